The van der Waals surface area contributed by atoms with E-state index in [2.05, 4.69) is 27.8 Å². The van der Waals surface area contributed by atoms with Crippen molar-refractivity contribution in [3.05, 3.63) is 72.2 Å². The summed E-state index contributed by atoms with van der Waals surface area (Å²) in [6, 6.07) is 15.6. The van der Waals surface area contributed by atoms with E-state index in [9.17, 15) is 0 Å². The second-order valence-electron chi connectivity index (χ2n) is 8.61. The van der Waals surface area contributed by atoms with Gasteiger partial charge in [0, 0.05) is 23.7 Å². The number of benzene rings is 2. The fourth-order valence-corrected chi connectivity index (χ4v) is 4.79. The van der Waals surface area contributed by atoms with E-state index in [1.807, 2.05) is 61.0 Å². The van der Waals surface area contributed by atoms with Crippen molar-refractivity contribution >= 4 is 11.5 Å². The van der Waals surface area contributed by atoms with E-state index < -0.39 is 0 Å². The standard InChI is InChI=1S/C26H29N7O2.C2H6/c1-34-20-8-5-9-21(14-20)35-19-12-10-17(11-13-19)22-15-29-26-23(25(31-27)32-28)16-30-33(26)24(22)18-6-3-2-4-7-18;1-2/h5,8-16,18H,2-4,6-7,27-28H2,1H3,(H,31,32);1-2H3. The maximum absolute atomic E-state index is 6.03. The van der Waals surface area contributed by atoms with Gasteiger partial charge in [-0.25, -0.2) is 15.3 Å². The molecule has 9 heteroatoms. The van der Waals surface area contributed by atoms with Crippen LogP contribution in [0, 0.1) is 0 Å². The van der Waals surface area contributed by atoms with Crippen molar-refractivity contribution in [2.75, 3.05) is 7.11 Å². The van der Waals surface area contributed by atoms with Gasteiger partial charge in [0.25, 0.3) is 0 Å². The minimum atomic E-state index is 0.342. The highest BCUT2D eigenvalue weighted by Crippen LogP contribution is 2.39. The molecule has 194 valence electrons. The average Bonchev–Trinajstić information content (AvgIpc) is 3.39. The quantitative estimate of drug-likeness (QED) is 0.141. The van der Waals surface area contributed by atoms with Gasteiger partial charge in [0.2, 0.25) is 0 Å². The maximum Gasteiger partial charge on any atom is 0.172 e. The molecular weight excluding hydrogens is 466 g/mol. The largest absolute Gasteiger partial charge is 0.497 e. The molecule has 0 bridgehead atoms. The van der Waals surface area contributed by atoms with Gasteiger partial charge in [0.15, 0.2) is 11.5 Å². The van der Waals surface area contributed by atoms with Crippen LogP contribution in [0.15, 0.2) is 66.0 Å². The average molecular weight is 502 g/mol. The highest BCUT2D eigenvalue weighted by atomic mass is 16.5. The Morgan fingerprint density at radius 2 is 1.73 bits per heavy atom. The Morgan fingerprint density at radius 3 is 2.41 bits per heavy atom. The number of amidine groups is 1. The summed E-state index contributed by atoms with van der Waals surface area (Å²) >= 11 is 0. The van der Waals surface area contributed by atoms with E-state index in [0.717, 1.165) is 46.9 Å². The molecule has 0 saturated heterocycles. The monoisotopic (exact) mass is 501 g/mol. The molecule has 1 aliphatic rings. The zero-order valence-electron chi connectivity index (χ0n) is 21.6. The van der Waals surface area contributed by atoms with Gasteiger partial charge in [0.1, 0.15) is 17.2 Å². The molecule has 1 fully saturated rings. The summed E-state index contributed by atoms with van der Waals surface area (Å²) in [5.41, 5.74) is 7.14. The number of methoxy groups -OCH3 is 1. The number of nitrogens with one attached hydrogen (secondary N) is 1. The van der Waals surface area contributed by atoms with Crippen LogP contribution >= 0.6 is 0 Å². The van der Waals surface area contributed by atoms with Gasteiger partial charge in [-0.3, -0.25) is 0 Å². The minimum absolute atomic E-state index is 0.342. The number of nitrogens with zero attached hydrogens (tertiary/aromatic N) is 4. The number of nitrogens with two attached hydrogens (primary N) is 2. The van der Waals surface area contributed by atoms with Gasteiger partial charge in [-0.15, -0.1) is 0 Å². The summed E-state index contributed by atoms with van der Waals surface area (Å²) in [7, 11) is 1.64. The first-order valence-electron chi connectivity index (χ1n) is 12.8. The molecule has 4 aromatic rings. The van der Waals surface area contributed by atoms with Crippen LogP contribution in [0.25, 0.3) is 16.8 Å². The van der Waals surface area contributed by atoms with Crippen LogP contribution in [0.3, 0.4) is 0 Å². The summed E-state index contributed by atoms with van der Waals surface area (Å²) < 4.78 is 13.2. The fourth-order valence-electron chi connectivity index (χ4n) is 4.79. The molecule has 1 saturated carbocycles. The van der Waals surface area contributed by atoms with Crippen LogP contribution in [0.2, 0.25) is 0 Å². The minimum Gasteiger partial charge on any atom is -0.497 e. The van der Waals surface area contributed by atoms with Crippen LogP contribution in [0.5, 0.6) is 17.2 Å². The number of aromatic nitrogens is 3. The topological polar surface area (TPSA) is 125 Å². The van der Waals surface area contributed by atoms with E-state index in [-0.39, 0.29) is 0 Å². The number of fused-ring (bicyclic) bond motifs is 1. The van der Waals surface area contributed by atoms with Crippen molar-refractivity contribution < 1.29 is 9.47 Å². The summed E-state index contributed by atoms with van der Waals surface area (Å²) in [6.07, 6.45) is 9.52. The molecule has 9 nitrogen and oxygen atoms in total. The van der Waals surface area contributed by atoms with Gasteiger partial charge in [-0.2, -0.15) is 10.2 Å². The molecule has 1 aliphatic carbocycles. The zero-order valence-corrected chi connectivity index (χ0v) is 21.6. The van der Waals surface area contributed by atoms with Crippen molar-refractivity contribution in [2.45, 2.75) is 51.9 Å². The number of ether oxygens (including phenoxy) is 2. The predicted molar refractivity (Wildman–Crippen MR) is 147 cm³/mol. The lowest BCUT2D eigenvalue weighted by Gasteiger charge is -2.25. The second-order valence-corrected chi connectivity index (χ2v) is 8.61. The molecular formula is C28H35N7O2. The third-order valence-corrected chi connectivity index (χ3v) is 6.52. The number of hydrogen-bond donors (Lipinski definition) is 3. The summed E-state index contributed by atoms with van der Waals surface area (Å²) in [5.74, 6) is 14.1. The molecule has 0 amide bonds. The lowest BCUT2D eigenvalue weighted by Crippen LogP contribution is -2.32. The van der Waals surface area contributed by atoms with Gasteiger partial charge in [-0.1, -0.05) is 51.3 Å². The van der Waals surface area contributed by atoms with Crippen molar-refractivity contribution in [2.24, 2.45) is 16.8 Å². The first kappa shape index (κ1) is 26.0. The normalized spacial score (nSPS) is 14.1. The molecule has 2 aromatic heterocycles. The fraction of sp³-hybridized carbons (Fsp3) is 0.321. The Kier molecular flexibility index (Phi) is 8.58. The first-order chi connectivity index (χ1) is 18.2. The first-order valence-corrected chi connectivity index (χ1v) is 12.8. The van der Waals surface area contributed by atoms with E-state index >= 15 is 0 Å². The Hall–Kier alpha value is -4.11. The van der Waals surface area contributed by atoms with Gasteiger partial charge in [-0.05, 0) is 42.7 Å². The number of hydrogen-bond acceptors (Lipinski definition) is 7. The van der Waals surface area contributed by atoms with E-state index in [1.54, 1.807) is 13.3 Å². The molecule has 5 N–H and O–H groups in total. The van der Waals surface area contributed by atoms with Crippen LogP contribution in [-0.2, 0) is 0 Å². The Morgan fingerprint density at radius 1 is 1.00 bits per heavy atom. The molecule has 2 aromatic carbocycles. The van der Waals surface area contributed by atoms with Crippen LogP contribution in [0.1, 0.15) is 63.1 Å². The van der Waals surface area contributed by atoms with Crippen LogP contribution in [0.4, 0.5) is 0 Å². The molecule has 0 unspecified atom stereocenters. The third-order valence-electron chi connectivity index (χ3n) is 6.52. The Labute approximate surface area is 217 Å². The SMILES string of the molecule is CC.COc1cccc(Oc2ccc(-c3cnc4c(/C(=N/N)NN)cnn4c3C3CCCCC3)cc2)c1. The molecule has 0 radical (unpaired) electrons. The smallest absolute Gasteiger partial charge is 0.172 e. The van der Waals surface area contributed by atoms with Gasteiger partial charge in [0.05, 0.1) is 24.6 Å². The number of hydrazine groups is 1. The zero-order chi connectivity index (χ0) is 26.2. The molecule has 0 aliphatic heterocycles. The lowest BCUT2D eigenvalue weighted by molar-refractivity contribution is 0.409. The third kappa shape index (κ3) is 5.51. The van der Waals surface area contributed by atoms with Crippen molar-refractivity contribution in [3.63, 3.8) is 0 Å². The highest BCUT2D eigenvalue weighted by Gasteiger charge is 2.25. The summed E-state index contributed by atoms with van der Waals surface area (Å²) in [6.45, 7) is 4.00. The number of rotatable bonds is 6. The second kappa shape index (κ2) is 12.2. The Balaban J connectivity index is 0.00000156. The maximum atomic E-state index is 6.03. The summed E-state index contributed by atoms with van der Waals surface area (Å²) in [4.78, 5) is 4.72. The summed E-state index contributed by atoms with van der Waals surface area (Å²) in [5, 5.41) is 8.41. The van der Waals surface area contributed by atoms with E-state index in [1.165, 1.54) is 19.3 Å². The van der Waals surface area contributed by atoms with E-state index in [4.69, 9.17) is 26.1 Å². The molecule has 5 rings (SSSR count). The number of hydrazone groups is 1. The predicted octanol–water partition coefficient (Wildman–Crippen LogP) is 5.35. The van der Waals surface area contributed by atoms with Gasteiger partial charge < -0.3 is 20.7 Å². The van der Waals surface area contributed by atoms with E-state index in [0.29, 0.717) is 23.0 Å². The lowest BCUT2D eigenvalue weighted by atomic mass is 9.84. The van der Waals surface area contributed by atoms with Crippen LogP contribution < -0.4 is 26.6 Å². The highest BCUT2D eigenvalue weighted by molar-refractivity contribution is 6.03. The Bertz CT molecular complexity index is 1340. The molecule has 0 spiro atoms. The van der Waals surface area contributed by atoms with Crippen molar-refractivity contribution in [1.29, 1.82) is 0 Å². The van der Waals surface area contributed by atoms with Crippen molar-refractivity contribution in [3.8, 4) is 28.4 Å². The molecule has 0 atom stereocenters. The molecule has 37 heavy (non-hydrogen) atoms. The van der Waals surface area contributed by atoms with Crippen molar-refractivity contribution in [1.82, 2.24) is 20.0 Å². The van der Waals surface area contributed by atoms with Gasteiger partial charge >= 0.3 is 0 Å². The van der Waals surface area contributed by atoms with Crippen LogP contribution in [-0.4, -0.2) is 27.5 Å². The molecule has 2 heterocycles.